The van der Waals surface area contributed by atoms with Gasteiger partial charge in [-0.05, 0) is 12.1 Å². The molecule has 1 heterocycles. The van der Waals surface area contributed by atoms with Crippen LogP contribution >= 0.6 is 0 Å². The Labute approximate surface area is 111 Å². The normalized spacial score (nSPS) is 12.9. The van der Waals surface area contributed by atoms with Crippen molar-refractivity contribution in [2.45, 2.75) is 6.10 Å². The number of alkyl carbamates (subject to hydrolysis) is 1. The Hall–Kier alpha value is -2.49. The lowest BCUT2D eigenvalue weighted by molar-refractivity contribution is 0.113. The molecule has 19 heavy (non-hydrogen) atoms. The Kier molecular flexibility index (Phi) is 2.83. The molecule has 0 saturated carbocycles. The van der Waals surface area contributed by atoms with Crippen LogP contribution in [-0.4, -0.2) is 13.1 Å². The molecule has 0 atom stereocenters. The lowest BCUT2D eigenvalue weighted by Crippen LogP contribution is -2.24. The molecule has 2 aromatic carbocycles. The Balaban J connectivity index is 2.08. The van der Waals surface area contributed by atoms with Crippen LogP contribution < -0.4 is 10.1 Å². The first-order chi connectivity index (χ1) is 9.29. The van der Waals surface area contributed by atoms with Gasteiger partial charge in [0, 0.05) is 18.2 Å². The number of hydrogen-bond acceptors (Lipinski definition) is 3. The number of hydrogen-bond donors (Lipinski definition) is 1. The molecule has 4 heteroatoms. The van der Waals surface area contributed by atoms with E-state index in [0.29, 0.717) is 0 Å². The number of nitrogens with one attached hydrogen (secondary N) is 1. The monoisotopic (exact) mass is 255 g/mol. The molecule has 3 rings (SSSR count). The van der Waals surface area contributed by atoms with Crippen molar-refractivity contribution in [3.8, 4) is 11.5 Å². The molecule has 1 N–H and O–H groups in total. The molecule has 1 aliphatic heterocycles. The summed E-state index contributed by atoms with van der Waals surface area (Å²) >= 11 is 0. The van der Waals surface area contributed by atoms with Gasteiger partial charge in [-0.1, -0.05) is 36.4 Å². The number of carbonyl (C=O) groups excluding carboxylic acids is 1. The average Bonchev–Trinajstić information content (AvgIpc) is 2.46. The second-order valence-electron chi connectivity index (χ2n) is 4.21. The number of rotatable bonds is 1. The van der Waals surface area contributed by atoms with Crippen molar-refractivity contribution in [3.63, 3.8) is 0 Å². The summed E-state index contributed by atoms with van der Waals surface area (Å²) in [6.45, 7) is 0. The molecule has 0 aromatic heterocycles. The third-order valence-corrected chi connectivity index (χ3v) is 3.05. The largest absolute Gasteiger partial charge is 0.456 e. The first-order valence-corrected chi connectivity index (χ1v) is 6.03. The Morgan fingerprint density at radius 3 is 2.11 bits per heavy atom. The Morgan fingerprint density at radius 2 is 1.58 bits per heavy atom. The van der Waals surface area contributed by atoms with Gasteiger partial charge in [-0.3, -0.25) is 0 Å². The van der Waals surface area contributed by atoms with E-state index in [1.165, 1.54) is 0 Å². The second-order valence-corrected chi connectivity index (χ2v) is 4.21. The van der Waals surface area contributed by atoms with Gasteiger partial charge >= 0.3 is 6.09 Å². The minimum atomic E-state index is -0.462. The summed E-state index contributed by atoms with van der Waals surface area (Å²) in [4.78, 5) is 11.5. The van der Waals surface area contributed by atoms with Crippen molar-refractivity contribution >= 4 is 6.09 Å². The number of carbonyl (C=O) groups is 1. The molecule has 0 bridgehead atoms. The number of ether oxygens (including phenoxy) is 2. The van der Waals surface area contributed by atoms with Crippen LogP contribution in [0.4, 0.5) is 4.79 Å². The van der Waals surface area contributed by atoms with Gasteiger partial charge in [0.05, 0.1) is 0 Å². The summed E-state index contributed by atoms with van der Waals surface area (Å²) in [5.74, 6) is 1.44. The van der Waals surface area contributed by atoms with Gasteiger partial charge in [0.1, 0.15) is 11.5 Å². The molecule has 1 amide bonds. The Bertz CT molecular complexity index is 579. The molecule has 96 valence electrons. The van der Waals surface area contributed by atoms with Gasteiger partial charge in [-0.15, -0.1) is 0 Å². The summed E-state index contributed by atoms with van der Waals surface area (Å²) in [5.41, 5.74) is 1.70. The first-order valence-electron chi connectivity index (χ1n) is 6.03. The highest BCUT2D eigenvalue weighted by atomic mass is 16.6. The third-order valence-electron chi connectivity index (χ3n) is 3.05. The smallest absolute Gasteiger partial charge is 0.407 e. The van der Waals surface area contributed by atoms with Gasteiger partial charge in [-0.2, -0.15) is 0 Å². The molecular formula is C15H13NO3. The van der Waals surface area contributed by atoms with E-state index < -0.39 is 12.2 Å². The van der Waals surface area contributed by atoms with Crippen molar-refractivity contribution in [1.29, 1.82) is 0 Å². The van der Waals surface area contributed by atoms with Crippen LogP contribution in [0.25, 0.3) is 0 Å². The molecule has 0 saturated heterocycles. The predicted octanol–water partition coefficient (Wildman–Crippen LogP) is 3.24. The van der Waals surface area contributed by atoms with Gasteiger partial charge < -0.3 is 14.8 Å². The van der Waals surface area contributed by atoms with E-state index in [-0.39, 0.29) is 0 Å². The SMILES string of the molecule is CNC(=O)OC1c2ccccc2Oc2ccccc21. The summed E-state index contributed by atoms with van der Waals surface area (Å²) in [5, 5.41) is 2.47. The predicted molar refractivity (Wildman–Crippen MR) is 70.3 cm³/mol. The molecule has 4 nitrogen and oxygen atoms in total. The van der Waals surface area contributed by atoms with E-state index in [1.54, 1.807) is 7.05 Å². The maximum absolute atomic E-state index is 11.5. The third kappa shape index (κ3) is 2.01. The van der Waals surface area contributed by atoms with Crippen molar-refractivity contribution in [2.24, 2.45) is 0 Å². The highest BCUT2D eigenvalue weighted by molar-refractivity contribution is 5.68. The molecular weight excluding hydrogens is 242 g/mol. The average molecular weight is 255 g/mol. The minimum absolute atomic E-state index is 0.443. The lowest BCUT2D eigenvalue weighted by atomic mass is 9.97. The number of fused-ring (bicyclic) bond motifs is 2. The standard InChI is InChI=1S/C15H13NO3/c1-16-15(17)19-14-10-6-2-4-8-12(10)18-13-9-5-3-7-11(13)14/h2-9,14H,1H3,(H,16,17). The molecule has 0 radical (unpaired) electrons. The molecule has 0 fully saturated rings. The van der Waals surface area contributed by atoms with E-state index >= 15 is 0 Å². The zero-order chi connectivity index (χ0) is 13.2. The van der Waals surface area contributed by atoms with Crippen molar-refractivity contribution < 1.29 is 14.3 Å². The zero-order valence-electron chi connectivity index (χ0n) is 10.4. The topological polar surface area (TPSA) is 47.6 Å². The van der Waals surface area contributed by atoms with Crippen LogP contribution in [-0.2, 0) is 4.74 Å². The van der Waals surface area contributed by atoms with E-state index in [4.69, 9.17) is 9.47 Å². The fourth-order valence-electron chi connectivity index (χ4n) is 2.16. The molecule has 1 aliphatic rings. The summed E-state index contributed by atoms with van der Waals surface area (Å²) < 4.78 is 11.3. The van der Waals surface area contributed by atoms with Crippen molar-refractivity contribution in [3.05, 3.63) is 59.7 Å². The molecule has 2 aromatic rings. The second kappa shape index (κ2) is 4.65. The van der Waals surface area contributed by atoms with Crippen LogP contribution in [0.15, 0.2) is 48.5 Å². The van der Waals surface area contributed by atoms with Crippen molar-refractivity contribution in [2.75, 3.05) is 7.05 Å². The number of amides is 1. The van der Waals surface area contributed by atoms with E-state index in [0.717, 1.165) is 22.6 Å². The summed E-state index contributed by atoms with van der Waals surface area (Å²) in [6.07, 6.45) is -0.905. The summed E-state index contributed by atoms with van der Waals surface area (Å²) in [7, 11) is 1.54. The van der Waals surface area contributed by atoms with E-state index in [1.807, 2.05) is 48.5 Å². The van der Waals surface area contributed by atoms with E-state index in [2.05, 4.69) is 5.32 Å². The Morgan fingerprint density at radius 1 is 1.05 bits per heavy atom. The van der Waals surface area contributed by atoms with Gasteiger partial charge in [0.2, 0.25) is 0 Å². The highest BCUT2D eigenvalue weighted by Crippen LogP contribution is 2.44. The first kappa shape index (κ1) is 11.6. The van der Waals surface area contributed by atoms with Crippen LogP contribution in [0.5, 0.6) is 11.5 Å². The highest BCUT2D eigenvalue weighted by Gasteiger charge is 2.29. The lowest BCUT2D eigenvalue weighted by Gasteiger charge is -2.27. The molecule has 0 aliphatic carbocycles. The fourth-order valence-corrected chi connectivity index (χ4v) is 2.16. The zero-order valence-corrected chi connectivity index (χ0v) is 10.4. The van der Waals surface area contributed by atoms with E-state index in [9.17, 15) is 4.79 Å². The summed E-state index contributed by atoms with van der Waals surface area (Å²) in [6, 6.07) is 15.1. The van der Waals surface area contributed by atoms with Crippen LogP contribution in [0, 0.1) is 0 Å². The molecule has 0 spiro atoms. The fraction of sp³-hybridized carbons (Fsp3) is 0.133. The van der Waals surface area contributed by atoms with Crippen LogP contribution in [0.1, 0.15) is 17.2 Å². The minimum Gasteiger partial charge on any atom is -0.456 e. The van der Waals surface area contributed by atoms with Crippen molar-refractivity contribution in [1.82, 2.24) is 5.32 Å². The number of benzene rings is 2. The van der Waals surface area contributed by atoms with Gasteiger partial charge in [0.15, 0.2) is 6.10 Å². The van der Waals surface area contributed by atoms with Gasteiger partial charge in [0.25, 0.3) is 0 Å². The quantitative estimate of drug-likeness (QED) is 0.851. The number of para-hydroxylation sites is 2. The maximum atomic E-state index is 11.5. The van der Waals surface area contributed by atoms with Gasteiger partial charge in [-0.25, -0.2) is 4.79 Å². The van der Waals surface area contributed by atoms with Crippen LogP contribution in [0.3, 0.4) is 0 Å². The maximum Gasteiger partial charge on any atom is 0.407 e. The van der Waals surface area contributed by atoms with Crippen LogP contribution in [0.2, 0.25) is 0 Å². The molecule has 0 unspecified atom stereocenters.